The van der Waals surface area contributed by atoms with Crippen molar-refractivity contribution in [2.24, 2.45) is 27.2 Å². The van der Waals surface area contributed by atoms with Crippen molar-refractivity contribution in [3.05, 3.63) is 57.6 Å². The van der Waals surface area contributed by atoms with Gasteiger partial charge in [-0.15, -0.1) is 0 Å². The van der Waals surface area contributed by atoms with Gasteiger partial charge in [-0.3, -0.25) is 9.98 Å². The molecule has 43 heavy (non-hydrogen) atoms. The maximum Gasteiger partial charge on any atom is 0.128 e. The van der Waals surface area contributed by atoms with Crippen molar-refractivity contribution >= 4 is 12.4 Å². The predicted octanol–water partition coefficient (Wildman–Crippen LogP) is 7.75. The lowest BCUT2D eigenvalue weighted by molar-refractivity contribution is 0.317. The second-order valence-corrected chi connectivity index (χ2v) is 15.8. The molecule has 0 spiro atoms. The van der Waals surface area contributed by atoms with Crippen molar-refractivity contribution in [1.82, 2.24) is 10.6 Å². The Hall–Kier alpha value is -2.70. The molecule has 2 aromatic rings. The Labute approximate surface area is 262 Å². The number of aromatic hydroxyl groups is 2. The minimum Gasteiger partial charge on any atom is -0.507 e. The summed E-state index contributed by atoms with van der Waals surface area (Å²) in [6.07, 6.45) is 3.63. The van der Waals surface area contributed by atoms with Gasteiger partial charge >= 0.3 is 0 Å². The fourth-order valence-electron chi connectivity index (χ4n) is 4.63. The van der Waals surface area contributed by atoms with Gasteiger partial charge in [0.1, 0.15) is 11.5 Å². The Morgan fingerprint density at radius 3 is 1.28 bits per heavy atom. The van der Waals surface area contributed by atoms with E-state index in [9.17, 15) is 10.2 Å². The maximum atomic E-state index is 11.1. The average molecular weight is 593 g/mol. The fourth-order valence-corrected chi connectivity index (χ4v) is 4.63. The lowest BCUT2D eigenvalue weighted by Gasteiger charge is -2.27. The van der Waals surface area contributed by atoms with Gasteiger partial charge in [0.25, 0.3) is 0 Å². The normalized spacial score (nSPS) is 13.3. The van der Waals surface area contributed by atoms with Crippen molar-refractivity contribution in [3.63, 3.8) is 0 Å². The van der Waals surface area contributed by atoms with Crippen molar-refractivity contribution in [3.8, 4) is 11.5 Å². The summed E-state index contributed by atoms with van der Waals surface area (Å²) in [5.41, 5.74) is 5.55. The molecule has 4 N–H and O–H groups in total. The van der Waals surface area contributed by atoms with E-state index in [2.05, 4.69) is 128 Å². The van der Waals surface area contributed by atoms with E-state index in [1.165, 1.54) is 11.1 Å². The zero-order valence-corrected chi connectivity index (χ0v) is 29.2. The van der Waals surface area contributed by atoms with Crippen LogP contribution < -0.4 is 10.6 Å². The monoisotopic (exact) mass is 592 g/mol. The van der Waals surface area contributed by atoms with E-state index in [4.69, 9.17) is 0 Å². The molecule has 240 valence electrons. The molecule has 0 heterocycles. The highest BCUT2D eigenvalue weighted by Crippen LogP contribution is 2.32. The summed E-state index contributed by atoms with van der Waals surface area (Å²) in [6.45, 7) is 30.3. The first kappa shape index (κ1) is 36.5. The molecule has 0 bridgehead atoms. The van der Waals surface area contributed by atoms with Crippen LogP contribution in [0, 0.1) is 17.3 Å². The van der Waals surface area contributed by atoms with E-state index in [1.54, 1.807) is 0 Å². The minimum absolute atomic E-state index is 0.0394. The van der Waals surface area contributed by atoms with Gasteiger partial charge in [-0.25, -0.2) is 0 Å². The molecule has 0 aliphatic carbocycles. The Morgan fingerprint density at radius 2 is 0.977 bits per heavy atom. The zero-order chi connectivity index (χ0) is 32.6. The van der Waals surface area contributed by atoms with E-state index >= 15 is 0 Å². The van der Waals surface area contributed by atoms with Crippen molar-refractivity contribution in [2.75, 3.05) is 26.2 Å². The molecule has 0 aliphatic heterocycles. The van der Waals surface area contributed by atoms with Crippen LogP contribution >= 0.6 is 0 Å². The quantitative estimate of drug-likeness (QED) is 0.169. The van der Waals surface area contributed by atoms with Crippen LogP contribution in [0.15, 0.2) is 34.3 Å². The summed E-state index contributed by atoms with van der Waals surface area (Å²) in [7, 11) is 0. The number of nitrogens with one attached hydrogen (secondary N) is 2. The molecule has 0 saturated heterocycles. The molecule has 0 atom stereocenters. The van der Waals surface area contributed by atoms with Crippen LogP contribution in [0.3, 0.4) is 0 Å². The smallest absolute Gasteiger partial charge is 0.128 e. The third-order valence-electron chi connectivity index (χ3n) is 7.41. The number of hydrogen-bond donors (Lipinski definition) is 4. The average Bonchev–Trinajstić information content (AvgIpc) is 2.85. The zero-order valence-electron chi connectivity index (χ0n) is 29.2. The SMILES string of the molecule is CC(C)C/N=C/c1cc(C(C)(C)C)cc(CNCC(C)(C)CNCc2cc(C(C)(C)C)cc(/C=N/CC(C)C)c2O)c1O. The van der Waals surface area contributed by atoms with E-state index in [1.807, 2.05) is 12.4 Å². The summed E-state index contributed by atoms with van der Waals surface area (Å²) >= 11 is 0. The van der Waals surface area contributed by atoms with E-state index in [0.717, 1.165) is 48.4 Å². The Bertz CT molecular complexity index is 1150. The number of benzene rings is 2. The van der Waals surface area contributed by atoms with Gasteiger partial charge < -0.3 is 20.8 Å². The van der Waals surface area contributed by atoms with E-state index < -0.39 is 0 Å². The first-order chi connectivity index (χ1) is 19.8. The van der Waals surface area contributed by atoms with Crippen LogP contribution in [-0.4, -0.2) is 48.8 Å². The second kappa shape index (κ2) is 15.3. The molecule has 6 heteroatoms. The van der Waals surface area contributed by atoms with Crippen molar-refractivity contribution in [1.29, 1.82) is 0 Å². The van der Waals surface area contributed by atoms with Crippen LogP contribution in [0.25, 0.3) is 0 Å². The van der Waals surface area contributed by atoms with Crippen molar-refractivity contribution < 1.29 is 10.2 Å². The van der Waals surface area contributed by atoms with Crippen LogP contribution in [0.4, 0.5) is 0 Å². The van der Waals surface area contributed by atoms with E-state index in [0.29, 0.717) is 36.4 Å². The van der Waals surface area contributed by atoms with Gasteiger partial charge in [-0.05, 0) is 51.3 Å². The first-order valence-corrected chi connectivity index (χ1v) is 15.9. The lowest BCUT2D eigenvalue weighted by Crippen LogP contribution is -2.37. The first-order valence-electron chi connectivity index (χ1n) is 15.9. The van der Waals surface area contributed by atoms with Gasteiger partial charge in [-0.2, -0.15) is 0 Å². The summed E-state index contributed by atoms with van der Waals surface area (Å²) in [5.74, 6) is 1.54. The number of nitrogens with zero attached hydrogens (tertiary/aromatic N) is 2. The van der Waals surface area contributed by atoms with Gasteiger partial charge in [0.15, 0.2) is 0 Å². The topological polar surface area (TPSA) is 89.2 Å². The second-order valence-electron chi connectivity index (χ2n) is 15.8. The molecule has 0 saturated carbocycles. The van der Waals surface area contributed by atoms with Gasteiger partial charge in [0.2, 0.25) is 0 Å². The molecule has 0 aromatic heterocycles. The third-order valence-corrected chi connectivity index (χ3v) is 7.41. The molecule has 6 nitrogen and oxygen atoms in total. The van der Waals surface area contributed by atoms with Crippen LogP contribution in [0.1, 0.15) is 116 Å². The molecule has 0 amide bonds. The lowest BCUT2D eigenvalue weighted by atomic mass is 9.84. The number of phenols is 2. The number of rotatable bonds is 14. The largest absolute Gasteiger partial charge is 0.507 e. The standard InChI is InChI=1S/C37H60N4O2/c1-25(2)17-38-19-27-13-31(35(5,6)7)15-29(33(27)42)21-40-23-37(11,12)24-41-22-30-16-32(36(8,9)10)14-28(34(30)43)20-39-18-26(3)4/h13-16,19-20,25-26,40-43H,17-18,21-24H2,1-12H3/b38-19+,39-20+. The van der Waals surface area contributed by atoms with Crippen LogP contribution in [0.5, 0.6) is 11.5 Å². The molecule has 0 aliphatic rings. The summed E-state index contributed by atoms with van der Waals surface area (Å²) in [5, 5.41) is 29.3. The van der Waals surface area contributed by atoms with Gasteiger partial charge in [0.05, 0.1) is 0 Å². The summed E-state index contributed by atoms with van der Waals surface area (Å²) < 4.78 is 0. The molecule has 0 unspecified atom stereocenters. The molecular weight excluding hydrogens is 532 g/mol. The Balaban J connectivity index is 2.11. The molecule has 0 radical (unpaired) electrons. The van der Waals surface area contributed by atoms with Crippen LogP contribution in [0.2, 0.25) is 0 Å². The molecule has 0 fully saturated rings. The molecule has 2 rings (SSSR count). The summed E-state index contributed by atoms with van der Waals surface area (Å²) in [6, 6.07) is 8.34. The van der Waals surface area contributed by atoms with E-state index in [-0.39, 0.29) is 16.2 Å². The third kappa shape index (κ3) is 12.1. The number of aliphatic imine (C=N–C) groups is 2. The Morgan fingerprint density at radius 1 is 0.628 bits per heavy atom. The number of hydrogen-bond acceptors (Lipinski definition) is 6. The number of phenolic OH excluding ortho intramolecular Hbond substituents is 2. The van der Waals surface area contributed by atoms with Crippen LogP contribution in [-0.2, 0) is 23.9 Å². The predicted molar refractivity (Wildman–Crippen MR) is 185 cm³/mol. The highest BCUT2D eigenvalue weighted by atomic mass is 16.3. The Kier molecular flexibility index (Phi) is 13.0. The minimum atomic E-state index is -0.0579. The van der Waals surface area contributed by atoms with Crippen molar-refractivity contribution in [2.45, 2.75) is 107 Å². The molecule has 2 aromatic carbocycles. The maximum absolute atomic E-state index is 11.1. The fraction of sp³-hybridized carbons (Fsp3) is 0.622. The van der Waals surface area contributed by atoms with Gasteiger partial charge in [-0.1, -0.05) is 95.2 Å². The van der Waals surface area contributed by atoms with Gasteiger partial charge in [0, 0.05) is 74.0 Å². The molecular formula is C37H60N4O2. The highest BCUT2D eigenvalue weighted by molar-refractivity contribution is 5.85. The summed E-state index contributed by atoms with van der Waals surface area (Å²) in [4.78, 5) is 9.11. The highest BCUT2D eigenvalue weighted by Gasteiger charge is 2.22.